The van der Waals surface area contributed by atoms with Crippen LogP contribution in [0.2, 0.25) is 0 Å². The molecule has 0 aromatic rings. The predicted molar refractivity (Wildman–Crippen MR) is 284 cm³/mol. The van der Waals surface area contributed by atoms with Crippen molar-refractivity contribution in [3.63, 3.8) is 0 Å². The SMILES string of the molecule is CCCCCCC/C=C\C/C=C\CCCCCCCCCCCC(=O)OC(COCCCCCCCCCCCCCCCCCCC)COC1OC(COC2OC(CO)C(O)C(O)C2O)C(O)C(O)C1O. The molecule has 11 atom stereocenters. The molecule has 0 amide bonds. The van der Waals surface area contributed by atoms with Gasteiger partial charge in [-0.2, -0.15) is 0 Å². The van der Waals surface area contributed by atoms with Crippen LogP contribution >= 0.6 is 0 Å². The summed E-state index contributed by atoms with van der Waals surface area (Å²) in [5, 5.41) is 72.3. The minimum absolute atomic E-state index is 0.0647. The highest BCUT2D eigenvalue weighted by molar-refractivity contribution is 5.69. The van der Waals surface area contributed by atoms with Crippen LogP contribution in [-0.2, 0) is 33.2 Å². The number of esters is 1. The molecule has 2 fully saturated rings. The van der Waals surface area contributed by atoms with Gasteiger partial charge in [0.25, 0.3) is 0 Å². The van der Waals surface area contributed by atoms with Crippen molar-refractivity contribution >= 4 is 5.97 Å². The maximum absolute atomic E-state index is 13.1. The van der Waals surface area contributed by atoms with E-state index in [1.165, 1.54) is 161 Å². The number of carbonyl (C=O) groups excluding carboxylic acids is 1. The molecular formula is C58H108O14. The van der Waals surface area contributed by atoms with Crippen molar-refractivity contribution in [1.82, 2.24) is 0 Å². The molecule has 7 N–H and O–H groups in total. The van der Waals surface area contributed by atoms with Gasteiger partial charge in [0.1, 0.15) is 54.9 Å². The second-order valence-electron chi connectivity index (χ2n) is 20.8. The Morgan fingerprint density at radius 1 is 0.458 bits per heavy atom. The Hall–Kier alpha value is -1.53. The van der Waals surface area contributed by atoms with Gasteiger partial charge in [-0.25, -0.2) is 0 Å². The average Bonchev–Trinajstić information content (AvgIpc) is 3.38. The summed E-state index contributed by atoms with van der Waals surface area (Å²) >= 11 is 0. The van der Waals surface area contributed by atoms with Gasteiger partial charge in [-0.1, -0.05) is 212 Å². The van der Waals surface area contributed by atoms with Gasteiger partial charge in [-0.05, 0) is 44.9 Å². The van der Waals surface area contributed by atoms with E-state index in [4.69, 9.17) is 28.4 Å². The molecule has 0 spiro atoms. The van der Waals surface area contributed by atoms with E-state index in [9.17, 15) is 40.5 Å². The summed E-state index contributed by atoms with van der Waals surface area (Å²) in [7, 11) is 0. The normalized spacial score (nSPS) is 25.2. The van der Waals surface area contributed by atoms with Crippen LogP contribution in [0.4, 0.5) is 0 Å². The molecule has 0 aromatic heterocycles. The summed E-state index contributed by atoms with van der Waals surface area (Å²) in [4.78, 5) is 13.1. The second-order valence-corrected chi connectivity index (χ2v) is 20.8. The standard InChI is InChI=1S/C58H108O14/c1-3-5-7-9-11-13-15-17-19-21-22-23-24-25-27-29-31-33-35-37-39-41-50(60)70-47(44-67-42-40-38-36-34-32-30-28-26-20-18-16-14-12-10-8-6-4-2)45-68-57-56(66)54(64)52(62)49(72-57)46-69-58-55(65)53(63)51(61)48(43-59)71-58/h15,17,21-22,47-49,51-59,61-66H,3-14,16,18-20,23-46H2,1-2H3/b17-15-,22-21-. The molecule has 11 unspecified atom stereocenters. The van der Waals surface area contributed by atoms with Crippen molar-refractivity contribution in [1.29, 1.82) is 0 Å². The Morgan fingerprint density at radius 3 is 1.33 bits per heavy atom. The number of allylic oxidation sites excluding steroid dienone is 4. The molecule has 0 aromatic carbocycles. The van der Waals surface area contributed by atoms with E-state index in [0.717, 1.165) is 51.4 Å². The molecular weight excluding hydrogens is 921 g/mol. The second kappa shape index (κ2) is 45.6. The fourth-order valence-corrected chi connectivity index (χ4v) is 9.44. The Labute approximate surface area is 437 Å². The topological polar surface area (TPSA) is 214 Å². The summed E-state index contributed by atoms with van der Waals surface area (Å²) in [6.07, 6.45) is 35.2. The first kappa shape index (κ1) is 66.6. The number of rotatable bonds is 48. The Bertz CT molecular complexity index is 1290. The lowest BCUT2D eigenvalue weighted by atomic mass is 9.98. The van der Waals surface area contributed by atoms with Crippen molar-refractivity contribution in [2.24, 2.45) is 0 Å². The molecule has 2 rings (SSSR count). The Kier molecular flexibility index (Phi) is 42.2. The van der Waals surface area contributed by atoms with Crippen LogP contribution in [0.5, 0.6) is 0 Å². The van der Waals surface area contributed by atoms with Crippen LogP contribution in [-0.4, -0.2) is 142 Å². The average molecular weight is 1030 g/mol. The Balaban J connectivity index is 1.71. The van der Waals surface area contributed by atoms with Gasteiger partial charge in [0, 0.05) is 13.0 Å². The number of ether oxygens (including phenoxy) is 6. The zero-order chi connectivity index (χ0) is 52.3. The van der Waals surface area contributed by atoms with E-state index < -0.39 is 80.7 Å². The maximum Gasteiger partial charge on any atom is 0.306 e. The van der Waals surface area contributed by atoms with Crippen LogP contribution in [0.25, 0.3) is 0 Å². The third kappa shape index (κ3) is 32.1. The first-order valence-corrected chi connectivity index (χ1v) is 29.4. The van der Waals surface area contributed by atoms with E-state index in [-0.39, 0.29) is 25.6 Å². The van der Waals surface area contributed by atoms with Crippen LogP contribution in [0, 0.1) is 0 Å². The summed E-state index contributed by atoms with van der Waals surface area (Å²) in [6.45, 7) is 3.72. The highest BCUT2D eigenvalue weighted by Gasteiger charge is 2.47. The quantitative estimate of drug-likeness (QED) is 0.0172. The molecule has 14 heteroatoms. The summed E-state index contributed by atoms with van der Waals surface area (Å²) in [6, 6.07) is 0. The lowest BCUT2D eigenvalue weighted by Gasteiger charge is -2.42. The zero-order valence-corrected chi connectivity index (χ0v) is 45.4. The van der Waals surface area contributed by atoms with Crippen molar-refractivity contribution in [3.05, 3.63) is 24.3 Å². The Morgan fingerprint density at radius 2 is 0.861 bits per heavy atom. The van der Waals surface area contributed by atoms with Crippen LogP contribution in [0.15, 0.2) is 24.3 Å². The molecule has 0 bridgehead atoms. The van der Waals surface area contributed by atoms with Crippen molar-refractivity contribution in [2.45, 2.75) is 306 Å². The molecule has 72 heavy (non-hydrogen) atoms. The molecule has 0 aliphatic carbocycles. The van der Waals surface area contributed by atoms with Crippen molar-refractivity contribution in [3.8, 4) is 0 Å². The number of hydrogen-bond acceptors (Lipinski definition) is 14. The van der Waals surface area contributed by atoms with Crippen LogP contribution in [0.1, 0.15) is 239 Å². The van der Waals surface area contributed by atoms with E-state index in [1.54, 1.807) is 0 Å². The van der Waals surface area contributed by atoms with E-state index in [1.807, 2.05) is 0 Å². The van der Waals surface area contributed by atoms with Crippen LogP contribution in [0.3, 0.4) is 0 Å². The number of aliphatic hydroxyl groups excluding tert-OH is 7. The molecule has 14 nitrogen and oxygen atoms in total. The van der Waals surface area contributed by atoms with Gasteiger partial charge < -0.3 is 64.2 Å². The molecule has 2 saturated heterocycles. The third-order valence-corrected chi connectivity index (χ3v) is 14.2. The van der Waals surface area contributed by atoms with E-state index in [2.05, 4.69) is 38.2 Å². The first-order chi connectivity index (χ1) is 35.1. The van der Waals surface area contributed by atoms with Gasteiger partial charge in [-0.3, -0.25) is 4.79 Å². The molecule has 424 valence electrons. The van der Waals surface area contributed by atoms with E-state index >= 15 is 0 Å². The summed E-state index contributed by atoms with van der Waals surface area (Å²) < 4.78 is 34.4. The molecule has 2 heterocycles. The van der Waals surface area contributed by atoms with Gasteiger partial charge in [0.15, 0.2) is 12.6 Å². The van der Waals surface area contributed by atoms with Crippen LogP contribution < -0.4 is 0 Å². The van der Waals surface area contributed by atoms with Crippen molar-refractivity contribution < 1.29 is 69.0 Å². The highest BCUT2D eigenvalue weighted by atomic mass is 16.7. The zero-order valence-electron chi connectivity index (χ0n) is 45.4. The number of unbranched alkanes of at least 4 members (excludes halogenated alkanes) is 30. The summed E-state index contributed by atoms with van der Waals surface area (Å²) in [5.74, 6) is -0.376. The monoisotopic (exact) mass is 1030 g/mol. The fraction of sp³-hybridized carbons (Fsp3) is 0.914. The van der Waals surface area contributed by atoms with Gasteiger partial charge in [0.2, 0.25) is 0 Å². The van der Waals surface area contributed by atoms with Gasteiger partial charge in [0.05, 0.1) is 26.4 Å². The molecule has 0 saturated carbocycles. The molecule has 0 radical (unpaired) electrons. The molecule has 2 aliphatic heterocycles. The lowest BCUT2D eigenvalue weighted by molar-refractivity contribution is -0.332. The lowest BCUT2D eigenvalue weighted by Crippen LogP contribution is -2.61. The molecule has 2 aliphatic rings. The van der Waals surface area contributed by atoms with Gasteiger partial charge >= 0.3 is 5.97 Å². The highest BCUT2D eigenvalue weighted by Crippen LogP contribution is 2.27. The smallest absolute Gasteiger partial charge is 0.306 e. The maximum atomic E-state index is 13.1. The number of aliphatic hydroxyl groups is 7. The third-order valence-electron chi connectivity index (χ3n) is 14.2. The minimum atomic E-state index is -1.70. The number of carbonyl (C=O) groups is 1. The first-order valence-electron chi connectivity index (χ1n) is 29.4. The summed E-state index contributed by atoms with van der Waals surface area (Å²) in [5.41, 5.74) is 0. The van der Waals surface area contributed by atoms with Gasteiger partial charge in [-0.15, -0.1) is 0 Å². The predicted octanol–water partition coefficient (Wildman–Crippen LogP) is 10.4. The number of hydrogen-bond donors (Lipinski definition) is 7. The largest absolute Gasteiger partial charge is 0.457 e. The van der Waals surface area contributed by atoms with Crippen molar-refractivity contribution in [2.75, 3.05) is 33.0 Å². The minimum Gasteiger partial charge on any atom is -0.457 e. The fourth-order valence-electron chi connectivity index (χ4n) is 9.44. The van der Waals surface area contributed by atoms with E-state index in [0.29, 0.717) is 13.0 Å².